The minimum Gasteiger partial charge on any atom is -0.492 e. The van der Waals surface area contributed by atoms with Gasteiger partial charge in [-0.3, -0.25) is 4.79 Å². The summed E-state index contributed by atoms with van der Waals surface area (Å²) in [6.45, 7) is 2.45. The Hall–Kier alpha value is -1.22. The van der Waals surface area contributed by atoms with Crippen LogP contribution in [0.4, 0.5) is 5.69 Å². The van der Waals surface area contributed by atoms with E-state index >= 15 is 0 Å². The van der Waals surface area contributed by atoms with Crippen molar-refractivity contribution in [3.05, 3.63) is 23.2 Å². The predicted octanol–water partition coefficient (Wildman–Crippen LogP) is 2.31. The molecular formula is C9H10ClNO2. The van der Waals surface area contributed by atoms with Crippen LogP contribution in [0.25, 0.3) is 0 Å². The lowest BCUT2D eigenvalue weighted by atomic mass is 10.3. The summed E-state index contributed by atoms with van der Waals surface area (Å²) in [5.41, 5.74) is 0.656. The Balaban J connectivity index is 2.84. The molecule has 0 saturated carbocycles. The molecule has 0 saturated heterocycles. The van der Waals surface area contributed by atoms with Crippen molar-refractivity contribution in [3.8, 4) is 5.75 Å². The number of hydrogen-bond acceptors (Lipinski definition) is 2. The summed E-state index contributed by atoms with van der Waals surface area (Å²) in [5, 5.41) is 2.99. The Kier molecular flexibility index (Phi) is 3.58. The fourth-order valence-electron chi connectivity index (χ4n) is 0.931. The van der Waals surface area contributed by atoms with Gasteiger partial charge < -0.3 is 10.1 Å². The number of benzene rings is 1. The molecule has 0 radical (unpaired) electrons. The van der Waals surface area contributed by atoms with E-state index in [1.807, 2.05) is 6.92 Å². The normalized spacial score (nSPS) is 9.38. The van der Waals surface area contributed by atoms with Crippen LogP contribution in [-0.2, 0) is 4.79 Å². The Morgan fingerprint density at radius 1 is 1.62 bits per heavy atom. The van der Waals surface area contributed by atoms with E-state index in [4.69, 9.17) is 16.3 Å². The van der Waals surface area contributed by atoms with Crippen LogP contribution in [0.5, 0.6) is 5.75 Å². The van der Waals surface area contributed by atoms with Gasteiger partial charge in [-0.1, -0.05) is 11.6 Å². The van der Waals surface area contributed by atoms with Crippen LogP contribution < -0.4 is 10.1 Å². The number of rotatable bonds is 4. The fourth-order valence-corrected chi connectivity index (χ4v) is 1.17. The molecule has 1 aromatic carbocycles. The monoisotopic (exact) mass is 199 g/mol. The molecule has 0 fully saturated rings. The van der Waals surface area contributed by atoms with Crippen LogP contribution in [0.15, 0.2) is 18.2 Å². The second kappa shape index (κ2) is 4.72. The Morgan fingerprint density at radius 2 is 2.38 bits per heavy atom. The first-order chi connectivity index (χ1) is 6.27. The van der Waals surface area contributed by atoms with Gasteiger partial charge in [0, 0.05) is 5.69 Å². The Labute approximate surface area is 81.7 Å². The summed E-state index contributed by atoms with van der Waals surface area (Å²) in [4.78, 5) is 10.1. The molecule has 0 unspecified atom stereocenters. The lowest BCUT2D eigenvalue weighted by molar-refractivity contribution is -0.105. The molecule has 0 aromatic heterocycles. The molecule has 0 atom stereocenters. The second-order valence-electron chi connectivity index (χ2n) is 2.34. The van der Waals surface area contributed by atoms with Crippen LogP contribution in [-0.4, -0.2) is 13.0 Å². The SMILES string of the molecule is CCOc1ccc(NC=O)cc1Cl. The number of carbonyl (C=O) groups excluding carboxylic acids is 1. The number of halogens is 1. The minimum absolute atomic E-state index is 0.494. The van der Waals surface area contributed by atoms with Crippen molar-refractivity contribution in [2.24, 2.45) is 0 Å². The van der Waals surface area contributed by atoms with Gasteiger partial charge in [0.15, 0.2) is 0 Å². The van der Waals surface area contributed by atoms with Crippen molar-refractivity contribution in [3.63, 3.8) is 0 Å². The summed E-state index contributed by atoms with van der Waals surface area (Å²) in [6, 6.07) is 5.09. The molecule has 0 heterocycles. The van der Waals surface area contributed by atoms with Gasteiger partial charge in [0.05, 0.1) is 11.6 Å². The van der Waals surface area contributed by atoms with Crippen molar-refractivity contribution >= 4 is 23.7 Å². The third kappa shape index (κ3) is 2.63. The molecule has 1 aromatic rings. The lowest BCUT2D eigenvalue weighted by Crippen LogP contribution is -1.95. The first-order valence-electron chi connectivity index (χ1n) is 3.90. The highest BCUT2D eigenvalue weighted by Crippen LogP contribution is 2.27. The number of nitrogens with one attached hydrogen (secondary N) is 1. The maximum absolute atomic E-state index is 10.1. The van der Waals surface area contributed by atoms with E-state index in [1.165, 1.54) is 0 Å². The molecule has 0 aliphatic rings. The largest absolute Gasteiger partial charge is 0.492 e. The van der Waals surface area contributed by atoms with Gasteiger partial charge in [-0.2, -0.15) is 0 Å². The van der Waals surface area contributed by atoms with Gasteiger partial charge in [-0.15, -0.1) is 0 Å². The van der Waals surface area contributed by atoms with Crippen LogP contribution in [0, 0.1) is 0 Å². The quantitative estimate of drug-likeness (QED) is 0.756. The van der Waals surface area contributed by atoms with Gasteiger partial charge in [-0.25, -0.2) is 0 Å². The third-order valence-electron chi connectivity index (χ3n) is 1.46. The first kappa shape index (κ1) is 9.86. The highest BCUT2D eigenvalue weighted by Gasteiger charge is 2.01. The van der Waals surface area contributed by atoms with Gasteiger partial charge >= 0.3 is 0 Å². The van der Waals surface area contributed by atoms with Crippen LogP contribution in [0.1, 0.15) is 6.92 Å². The summed E-state index contributed by atoms with van der Waals surface area (Å²) in [5.74, 6) is 0.626. The van der Waals surface area contributed by atoms with Crippen molar-refractivity contribution in [2.45, 2.75) is 6.92 Å². The molecule has 1 N–H and O–H groups in total. The molecule has 0 spiro atoms. The fraction of sp³-hybridized carbons (Fsp3) is 0.222. The minimum atomic E-state index is 0.494. The number of hydrogen-bond donors (Lipinski definition) is 1. The van der Waals surface area contributed by atoms with Crippen molar-refractivity contribution < 1.29 is 9.53 Å². The standard InChI is InChI=1S/C9H10ClNO2/c1-2-13-9-4-3-7(11-6-12)5-8(9)10/h3-6H,2H2,1H3,(H,11,12). The summed E-state index contributed by atoms with van der Waals surface area (Å²) >= 11 is 5.86. The average Bonchev–Trinajstić information content (AvgIpc) is 2.10. The third-order valence-corrected chi connectivity index (χ3v) is 1.75. The van der Waals surface area contributed by atoms with E-state index in [0.29, 0.717) is 29.5 Å². The Morgan fingerprint density at radius 3 is 2.92 bits per heavy atom. The van der Waals surface area contributed by atoms with Gasteiger partial charge in [0.25, 0.3) is 0 Å². The van der Waals surface area contributed by atoms with E-state index in [2.05, 4.69) is 5.32 Å². The number of amides is 1. The van der Waals surface area contributed by atoms with Gasteiger partial charge in [0.1, 0.15) is 5.75 Å². The van der Waals surface area contributed by atoms with Crippen LogP contribution in [0.2, 0.25) is 5.02 Å². The molecule has 1 amide bonds. The maximum atomic E-state index is 10.1. The zero-order valence-electron chi connectivity index (χ0n) is 7.21. The number of anilines is 1. The van der Waals surface area contributed by atoms with E-state index in [9.17, 15) is 4.79 Å². The van der Waals surface area contributed by atoms with E-state index in [0.717, 1.165) is 0 Å². The molecule has 13 heavy (non-hydrogen) atoms. The van der Waals surface area contributed by atoms with Crippen molar-refractivity contribution in [2.75, 3.05) is 11.9 Å². The first-order valence-corrected chi connectivity index (χ1v) is 4.28. The summed E-state index contributed by atoms with van der Waals surface area (Å²) in [6.07, 6.45) is 0.603. The average molecular weight is 200 g/mol. The second-order valence-corrected chi connectivity index (χ2v) is 2.75. The van der Waals surface area contributed by atoms with Crippen LogP contribution >= 0.6 is 11.6 Å². The molecule has 3 nitrogen and oxygen atoms in total. The highest BCUT2D eigenvalue weighted by atomic mass is 35.5. The molecule has 1 rings (SSSR count). The van der Waals surface area contributed by atoms with E-state index in [-0.39, 0.29) is 0 Å². The molecular weight excluding hydrogens is 190 g/mol. The molecule has 0 aliphatic carbocycles. The highest BCUT2D eigenvalue weighted by molar-refractivity contribution is 6.32. The Bertz CT molecular complexity index is 302. The number of carbonyl (C=O) groups is 1. The number of ether oxygens (including phenoxy) is 1. The van der Waals surface area contributed by atoms with E-state index in [1.54, 1.807) is 18.2 Å². The molecule has 4 heteroatoms. The van der Waals surface area contributed by atoms with E-state index < -0.39 is 0 Å². The zero-order chi connectivity index (χ0) is 9.68. The van der Waals surface area contributed by atoms with Crippen molar-refractivity contribution in [1.29, 1.82) is 0 Å². The summed E-state index contributed by atoms with van der Waals surface area (Å²) in [7, 11) is 0. The zero-order valence-corrected chi connectivity index (χ0v) is 7.97. The summed E-state index contributed by atoms with van der Waals surface area (Å²) < 4.78 is 5.22. The predicted molar refractivity (Wildman–Crippen MR) is 52.3 cm³/mol. The lowest BCUT2D eigenvalue weighted by Gasteiger charge is -2.06. The maximum Gasteiger partial charge on any atom is 0.211 e. The molecule has 0 bridgehead atoms. The molecule has 0 aliphatic heterocycles. The smallest absolute Gasteiger partial charge is 0.211 e. The van der Waals surface area contributed by atoms with Crippen LogP contribution in [0.3, 0.4) is 0 Å². The van der Waals surface area contributed by atoms with Gasteiger partial charge in [0.2, 0.25) is 6.41 Å². The molecule has 70 valence electrons. The van der Waals surface area contributed by atoms with Gasteiger partial charge in [-0.05, 0) is 25.1 Å². The topological polar surface area (TPSA) is 38.3 Å². The van der Waals surface area contributed by atoms with Crippen molar-refractivity contribution in [1.82, 2.24) is 0 Å².